The maximum absolute atomic E-state index is 11.9. The van der Waals surface area contributed by atoms with Crippen molar-refractivity contribution in [2.75, 3.05) is 19.6 Å². The fourth-order valence-corrected chi connectivity index (χ4v) is 1.38. The third kappa shape index (κ3) is 6.02. The third-order valence-corrected chi connectivity index (χ3v) is 1.81. The number of rotatable bonds is 1. The Balaban J connectivity index is 0.000000791. The van der Waals surface area contributed by atoms with E-state index in [9.17, 15) is 13.2 Å². The average Bonchev–Trinajstić information content (AvgIpc) is 2.04. The van der Waals surface area contributed by atoms with E-state index in [0.717, 1.165) is 12.0 Å². The van der Waals surface area contributed by atoms with Gasteiger partial charge in [-0.25, -0.2) is 0 Å². The molecule has 0 radical (unpaired) electrons. The Labute approximate surface area is 83.6 Å². The first-order chi connectivity index (χ1) is 6.47. The second-order valence-electron chi connectivity index (χ2n) is 3.16. The molecule has 1 rings (SSSR count). The van der Waals surface area contributed by atoms with Crippen LogP contribution in [0.15, 0.2) is 11.6 Å². The summed E-state index contributed by atoms with van der Waals surface area (Å²) in [5, 5.41) is 0. The molecule has 0 aromatic carbocycles. The van der Waals surface area contributed by atoms with Crippen molar-refractivity contribution in [3.63, 3.8) is 0 Å². The molecule has 0 N–H and O–H groups in total. The van der Waals surface area contributed by atoms with Crippen LogP contribution >= 0.6 is 0 Å². The van der Waals surface area contributed by atoms with Crippen molar-refractivity contribution in [2.24, 2.45) is 0 Å². The first-order valence-electron chi connectivity index (χ1n) is 4.92. The van der Waals surface area contributed by atoms with Crippen LogP contribution in [0.4, 0.5) is 13.2 Å². The zero-order chi connectivity index (χ0) is 11.2. The van der Waals surface area contributed by atoms with E-state index in [1.807, 2.05) is 26.8 Å². The van der Waals surface area contributed by atoms with E-state index in [-0.39, 0.29) is 0 Å². The Morgan fingerprint density at radius 2 is 1.93 bits per heavy atom. The molecule has 14 heavy (non-hydrogen) atoms. The second-order valence-corrected chi connectivity index (χ2v) is 3.16. The van der Waals surface area contributed by atoms with Crippen molar-refractivity contribution >= 4 is 0 Å². The number of alkyl halides is 3. The Bertz CT molecular complexity index is 184. The SMILES string of the molecule is CC.CC1=CCCN(CC(F)(F)F)C1. The van der Waals surface area contributed by atoms with Crippen LogP contribution < -0.4 is 0 Å². The van der Waals surface area contributed by atoms with Crippen LogP contribution in [0.3, 0.4) is 0 Å². The summed E-state index contributed by atoms with van der Waals surface area (Å²) < 4.78 is 35.7. The van der Waals surface area contributed by atoms with E-state index in [2.05, 4.69) is 0 Å². The standard InChI is InChI=1S/C8H12F3N.C2H6/c1-7-3-2-4-12(5-7)6-8(9,10)11;1-2/h3H,2,4-6H2,1H3;1-2H3. The summed E-state index contributed by atoms with van der Waals surface area (Å²) in [6, 6.07) is 0. The molecular formula is C10H18F3N. The largest absolute Gasteiger partial charge is 0.401 e. The highest BCUT2D eigenvalue weighted by atomic mass is 19.4. The van der Waals surface area contributed by atoms with Crippen molar-refractivity contribution in [1.82, 2.24) is 4.90 Å². The predicted molar refractivity (Wildman–Crippen MR) is 52.2 cm³/mol. The molecule has 0 spiro atoms. The van der Waals surface area contributed by atoms with Gasteiger partial charge in [0.05, 0.1) is 6.54 Å². The fourth-order valence-electron chi connectivity index (χ4n) is 1.38. The van der Waals surface area contributed by atoms with E-state index in [4.69, 9.17) is 0 Å². The lowest BCUT2D eigenvalue weighted by molar-refractivity contribution is -0.145. The molecule has 0 atom stereocenters. The molecule has 1 nitrogen and oxygen atoms in total. The molecule has 1 heterocycles. The highest BCUT2D eigenvalue weighted by Gasteiger charge is 2.30. The molecule has 84 valence electrons. The minimum Gasteiger partial charge on any atom is -0.291 e. The molecule has 0 aromatic heterocycles. The molecule has 0 bridgehead atoms. The summed E-state index contributed by atoms with van der Waals surface area (Å²) in [6.45, 7) is 6.07. The highest BCUT2D eigenvalue weighted by Crippen LogP contribution is 2.19. The number of hydrogen-bond acceptors (Lipinski definition) is 1. The molecule has 1 aliphatic rings. The average molecular weight is 209 g/mol. The van der Waals surface area contributed by atoms with Gasteiger partial charge in [-0.15, -0.1) is 0 Å². The summed E-state index contributed by atoms with van der Waals surface area (Å²) in [5.41, 5.74) is 1.03. The Hall–Kier alpha value is -0.510. The maximum atomic E-state index is 11.9. The summed E-state index contributed by atoms with van der Waals surface area (Å²) in [5.74, 6) is 0. The van der Waals surface area contributed by atoms with Crippen LogP contribution in [-0.4, -0.2) is 30.7 Å². The maximum Gasteiger partial charge on any atom is 0.401 e. The molecule has 0 amide bonds. The van der Waals surface area contributed by atoms with Gasteiger partial charge < -0.3 is 0 Å². The number of nitrogens with zero attached hydrogens (tertiary/aromatic N) is 1. The van der Waals surface area contributed by atoms with E-state index in [1.54, 1.807) is 0 Å². The van der Waals surface area contributed by atoms with Crippen LogP contribution in [0.2, 0.25) is 0 Å². The van der Waals surface area contributed by atoms with Crippen molar-refractivity contribution in [3.05, 3.63) is 11.6 Å². The van der Waals surface area contributed by atoms with Gasteiger partial charge in [0.25, 0.3) is 0 Å². The molecule has 0 unspecified atom stereocenters. The van der Waals surface area contributed by atoms with Gasteiger partial charge in [0.15, 0.2) is 0 Å². The summed E-state index contributed by atoms with van der Waals surface area (Å²) in [7, 11) is 0. The molecule has 0 saturated heterocycles. The minimum atomic E-state index is -4.06. The lowest BCUT2D eigenvalue weighted by Crippen LogP contribution is -2.37. The van der Waals surface area contributed by atoms with E-state index >= 15 is 0 Å². The minimum absolute atomic E-state index is 0.458. The van der Waals surface area contributed by atoms with Crippen LogP contribution in [0.1, 0.15) is 27.2 Å². The first-order valence-corrected chi connectivity index (χ1v) is 4.92. The van der Waals surface area contributed by atoms with Crippen molar-refractivity contribution in [1.29, 1.82) is 0 Å². The van der Waals surface area contributed by atoms with E-state index < -0.39 is 12.7 Å². The van der Waals surface area contributed by atoms with Gasteiger partial charge in [0.1, 0.15) is 0 Å². The lowest BCUT2D eigenvalue weighted by Gasteiger charge is -2.26. The van der Waals surface area contributed by atoms with Gasteiger partial charge in [0.2, 0.25) is 0 Å². The van der Waals surface area contributed by atoms with Crippen LogP contribution in [-0.2, 0) is 0 Å². The van der Waals surface area contributed by atoms with E-state index in [1.165, 1.54) is 4.90 Å². The number of hydrogen-bond donors (Lipinski definition) is 0. The van der Waals surface area contributed by atoms with Gasteiger partial charge in [-0.1, -0.05) is 25.5 Å². The van der Waals surface area contributed by atoms with Gasteiger partial charge >= 0.3 is 6.18 Å². The second kappa shape index (κ2) is 6.06. The van der Waals surface area contributed by atoms with Crippen molar-refractivity contribution in [3.8, 4) is 0 Å². The molecule has 0 aromatic rings. The van der Waals surface area contributed by atoms with Crippen LogP contribution in [0, 0.1) is 0 Å². The summed E-state index contributed by atoms with van der Waals surface area (Å²) in [6.07, 6.45) is -1.33. The summed E-state index contributed by atoms with van der Waals surface area (Å²) >= 11 is 0. The van der Waals surface area contributed by atoms with Gasteiger partial charge in [-0.2, -0.15) is 13.2 Å². The molecular weight excluding hydrogens is 191 g/mol. The quantitative estimate of drug-likeness (QED) is 0.599. The number of halogens is 3. The first kappa shape index (κ1) is 13.5. The predicted octanol–water partition coefficient (Wildman–Crippen LogP) is 3.23. The van der Waals surface area contributed by atoms with Gasteiger partial charge in [-0.05, 0) is 13.3 Å². The molecule has 1 aliphatic heterocycles. The highest BCUT2D eigenvalue weighted by molar-refractivity contribution is 5.04. The van der Waals surface area contributed by atoms with Crippen molar-refractivity contribution in [2.45, 2.75) is 33.4 Å². The molecule has 0 saturated carbocycles. The Morgan fingerprint density at radius 3 is 2.36 bits per heavy atom. The Kier molecular flexibility index (Phi) is 5.84. The van der Waals surface area contributed by atoms with E-state index in [0.29, 0.717) is 13.1 Å². The van der Waals surface area contributed by atoms with Crippen LogP contribution in [0.5, 0.6) is 0 Å². The van der Waals surface area contributed by atoms with Crippen molar-refractivity contribution < 1.29 is 13.2 Å². The molecule has 0 aliphatic carbocycles. The summed E-state index contributed by atoms with van der Waals surface area (Å²) in [4.78, 5) is 1.43. The topological polar surface area (TPSA) is 3.24 Å². The zero-order valence-corrected chi connectivity index (χ0v) is 8.99. The van der Waals surface area contributed by atoms with Crippen LogP contribution in [0.25, 0.3) is 0 Å². The molecule has 4 heteroatoms. The third-order valence-electron chi connectivity index (χ3n) is 1.81. The Morgan fingerprint density at radius 1 is 1.36 bits per heavy atom. The zero-order valence-electron chi connectivity index (χ0n) is 8.99. The molecule has 0 fully saturated rings. The normalized spacial score (nSPS) is 18.3. The fraction of sp³-hybridized carbons (Fsp3) is 0.800. The van der Waals surface area contributed by atoms with Gasteiger partial charge in [0, 0.05) is 13.1 Å². The smallest absolute Gasteiger partial charge is 0.291 e. The van der Waals surface area contributed by atoms with Gasteiger partial charge in [-0.3, -0.25) is 4.90 Å². The monoisotopic (exact) mass is 209 g/mol. The lowest BCUT2D eigenvalue weighted by atomic mass is 10.1.